The maximum absolute atomic E-state index is 12.4. The van der Waals surface area contributed by atoms with Gasteiger partial charge < -0.3 is 14.6 Å². The molecular weight excluding hydrogens is 336 g/mol. The van der Waals surface area contributed by atoms with Crippen LogP contribution in [-0.4, -0.2) is 11.1 Å². The van der Waals surface area contributed by atoms with Gasteiger partial charge in [0.2, 0.25) is 0 Å². The Hall–Kier alpha value is -2.60. The standard InChI is InChI=1S/C19H20N2O3S/c1-19(2,3)16-11-17(21-24-16)20-18(22)13-6-4-7-14(10-13)23-12-15-8-5-9-25-15/h4-11H,12H2,1-3H3,(H,20,21,22). The molecule has 1 amide bonds. The number of rotatable bonds is 5. The number of benzene rings is 1. The molecule has 0 unspecified atom stereocenters. The van der Waals surface area contributed by atoms with Crippen molar-refractivity contribution in [3.05, 3.63) is 64.0 Å². The topological polar surface area (TPSA) is 64.4 Å². The molecule has 1 N–H and O–H groups in total. The molecule has 1 aromatic carbocycles. The smallest absolute Gasteiger partial charge is 0.257 e. The predicted molar refractivity (Wildman–Crippen MR) is 98.2 cm³/mol. The summed E-state index contributed by atoms with van der Waals surface area (Å²) < 4.78 is 11.0. The lowest BCUT2D eigenvalue weighted by Gasteiger charge is -2.12. The third kappa shape index (κ3) is 4.48. The highest BCUT2D eigenvalue weighted by molar-refractivity contribution is 7.09. The summed E-state index contributed by atoms with van der Waals surface area (Å²) in [5.41, 5.74) is 0.343. The van der Waals surface area contributed by atoms with Crippen molar-refractivity contribution in [3.8, 4) is 5.75 Å². The molecule has 0 saturated heterocycles. The first kappa shape index (κ1) is 17.2. The van der Waals surface area contributed by atoms with Gasteiger partial charge in [0.15, 0.2) is 5.82 Å². The number of anilines is 1. The minimum Gasteiger partial charge on any atom is -0.488 e. The number of nitrogens with one attached hydrogen (secondary N) is 1. The van der Waals surface area contributed by atoms with Crippen LogP contribution in [0.2, 0.25) is 0 Å². The van der Waals surface area contributed by atoms with Crippen LogP contribution in [0.15, 0.2) is 52.4 Å². The predicted octanol–water partition coefficient (Wildman–Crippen LogP) is 4.86. The molecule has 3 aromatic rings. The Balaban J connectivity index is 1.65. The minimum absolute atomic E-state index is 0.161. The van der Waals surface area contributed by atoms with Crippen LogP contribution < -0.4 is 10.1 Å². The van der Waals surface area contributed by atoms with E-state index in [2.05, 4.69) is 10.5 Å². The Labute approximate surface area is 150 Å². The molecule has 130 valence electrons. The molecule has 0 atom stereocenters. The second-order valence-electron chi connectivity index (χ2n) is 6.68. The van der Waals surface area contributed by atoms with Gasteiger partial charge in [-0.15, -0.1) is 11.3 Å². The normalized spacial score (nSPS) is 11.3. The zero-order valence-corrected chi connectivity index (χ0v) is 15.2. The summed E-state index contributed by atoms with van der Waals surface area (Å²) in [5, 5.41) is 8.66. The van der Waals surface area contributed by atoms with E-state index in [4.69, 9.17) is 9.26 Å². The molecule has 0 radical (unpaired) electrons. The molecule has 2 heterocycles. The van der Waals surface area contributed by atoms with Gasteiger partial charge in [-0.25, -0.2) is 0 Å². The van der Waals surface area contributed by atoms with Crippen LogP contribution in [0.3, 0.4) is 0 Å². The molecule has 0 spiro atoms. The Morgan fingerprint density at radius 3 is 2.76 bits per heavy atom. The van der Waals surface area contributed by atoms with Crippen molar-refractivity contribution in [2.75, 3.05) is 5.32 Å². The highest BCUT2D eigenvalue weighted by Gasteiger charge is 2.20. The molecule has 0 aliphatic heterocycles. The lowest BCUT2D eigenvalue weighted by atomic mass is 9.93. The quantitative estimate of drug-likeness (QED) is 0.709. The number of aromatic nitrogens is 1. The molecule has 0 saturated carbocycles. The third-order valence-corrected chi connectivity index (χ3v) is 4.40. The van der Waals surface area contributed by atoms with E-state index < -0.39 is 0 Å². The van der Waals surface area contributed by atoms with Gasteiger partial charge in [0, 0.05) is 21.9 Å². The summed E-state index contributed by atoms with van der Waals surface area (Å²) in [6, 6.07) is 12.8. The molecular formula is C19H20N2O3S. The van der Waals surface area contributed by atoms with E-state index in [1.807, 2.05) is 44.4 Å². The fourth-order valence-corrected chi connectivity index (χ4v) is 2.77. The Morgan fingerprint density at radius 1 is 1.24 bits per heavy atom. The van der Waals surface area contributed by atoms with Crippen LogP contribution in [-0.2, 0) is 12.0 Å². The summed E-state index contributed by atoms with van der Waals surface area (Å²) in [7, 11) is 0. The highest BCUT2D eigenvalue weighted by Crippen LogP contribution is 2.25. The molecule has 2 aromatic heterocycles. The Bertz CT molecular complexity index is 848. The van der Waals surface area contributed by atoms with Gasteiger partial charge >= 0.3 is 0 Å². The number of hydrogen-bond donors (Lipinski definition) is 1. The van der Waals surface area contributed by atoms with Crippen LogP contribution in [0.4, 0.5) is 5.82 Å². The summed E-state index contributed by atoms with van der Waals surface area (Å²) >= 11 is 1.64. The molecule has 0 aliphatic rings. The van der Waals surface area contributed by atoms with Crippen molar-refractivity contribution < 1.29 is 14.1 Å². The SMILES string of the molecule is CC(C)(C)c1cc(NC(=O)c2cccc(OCc3cccs3)c2)no1. The Morgan fingerprint density at radius 2 is 2.08 bits per heavy atom. The second-order valence-corrected chi connectivity index (χ2v) is 7.71. The van der Waals surface area contributed by atoms with Crippen LogP contribution in [0.5, 0.6) is 5.75 Å². The van der Waals surface area contributed by atoms with E-state index >= 15 is 0 Å². The van der Waals surface area contributed by atoms with Crippen LogP contribution in [0, 0.1) is 0 Å². The first-order valence-electron chi connectivity index (χ1n) is 7.95. The molecule has 25 heavy (non-hydrogen) atoms. The number of ether oxygens (including phenoxy) is 1. The van der Waals surface area contributed by atoms with E-state index in [1.54, 1.807) is 35.6 Å². The first-order chi connectivity index (χ1) is 11.9. The molecule has 0 fully saturated rings. The summed E-state index contributed by atoms with van der Waals surface area (Å²) in [5.74, 6) is 1.52. The average Bonchev–Trinajstić information content (AvgIpc) is 3.24. The largest absolute Gasteiger partial charge is 0.488 e. The second kappa shape index (κ2) is 7.11. The van der Waals surface area contributed by atoms with Crippen molar-refractivity contribution in [3.63, 3.8) is 0 Å². The zero-order valence-electron chi connectivity index (χ0n) is 14.4. The third-order valence-electron chi connectivity index (χ3n) is 3.55. The van der Waals surface area contributed by atoms with E-state index in [9.17, 15) is 4.79 Å². The first-order valence-corrected chi connectivity index (χ1v) is 8.83. The number of hydrogen-bond acceptors (Lipinski definition) is 5. The molecule has 3 rings (SSSR count). The summed E-state index contributed by atoms with van der Waals surface area (Å²) in [4.78, 5) is 13.5. The number of carbonyl (C=O) groups excluding carboxylic acids is 1. The minimum atomic E-state index is -0.254. The van der Waals surface area contributed by atoms with Gasteiger partial charge in [0.05, 0.1) is 0 Å². The molecule has 0 aliphatic carbocycles. The van der Waals surface area contributed by atoms with Gasteiger partial charge in [-0.1, -0.05) is 38.1 Å². The average molecular weight is 356 g/mol. The van der Waals surface area contributed by atoms with E-state index in [0.29, 0.717) is 23.7 Å². The van der Waals surface area contributed by atoms with Crippen molar-refractivity contribution in [2.24, 2.45) is 0 Å². The van der Waals surface area contributed by atoms with Crippen LogP contribution >= 0.6 is 11.3 Å². The molecule has 6 heteroatoms. The van der Waals surface area contributed by atoms with Crippen molar-refractivity contribution >= 4 is 23.1 Å². The van der Waals surface area contributed by atoms with Crippen molar-refractivity contribution in [1.82, 2.24) is 5.16 Å². The van der Waals surface area contributed by atoms with Gasteiger partial charge in [0.25, 0.3) is 5.91 Å². The van der Waals surface area contributed by atoms with Crippen LogP contribution in [0.1, 0.15) is 41.8 Å². The van der Waals surface area contributed by atoms with Crippen LogP contribution in [0.25, 0.3) is 0 Å². The van der Waals surface area contributed by atoms with Gasteiger partial charge in [-0.05, 0) is 29.6 Å². The monoisotopic (exact) mass is 356 g/mol. The van der Waals surface area contributed by atoms with E-state index in [0.717, 1.165) is 10.6 Å². The fourth-order valence-electron chi connectivity index (χ4n) is 2.15. The summed E-state index contributed by atoms with van der Waals surface area (Å²) in [6.45, 7) is 6.55. The van der Waals surface area contributed by atoms with E-state index in [1.165, 1.54) is 0 Å². The fraction of sp³-hybridized carbons (Fsp3) is 0.263. The van der Waals surface area contributed by atoms with E-state index in [-0.39, 0.29) is 11.3 Å². The number of carbonyl (C=O) groups is 1. The molecule has 5 nitrogen and oxygen atoms in total. The van der Waals surface area contributed by atoms with Gasteiger partial charge in [-0.2, -0.15) is 0 Å². The zero-order chi connectivity index (χ0) is 17.9. The maximum atomic E-state index is 12.4. The lowest BCUT2D eigenvalue weighted by molar-refractivity contribution is 0.102. The Kier molecular flexibility index (Phi) is 4.90. The maximum Gasteiger partial charge on any atom is 0.257 e. The van der Waals surface area contributed by atoms with Gasteiger partial charge in [-0.3, -0.25) is 4.79 Å². The van der Waals surface area contributed by atoms with Gasteiger partial charge in [0.1, 0.15) is 18.1 Å². The molecule has 0 bridgehead atoms. The number of thiophene rings is 1. The number of amides is 1. The number of nitrogens with zero attached hydrogens (tertiary/aromatic N) is 1. The highest BCUT2D eigenvalue weighted by atomic mass is 32.1. The van der Waals surface area contributed by atoms with Crippen molar-refractivity contribution in [2.45, 2.75) is 32.8 Å². The lowest BCUT2D eigenvalue weighted by Crippen LogP contribution is -2.12. The summed E-state index contributed by atoms with van der Waals surface area (Å²) in [6.07, 6.45) is 0. The van der Waals surface area contributed by atoms with Crippen molar-refractivity contribution in [1.29, 1.82) is 0 Å².